The number of benzene rings is 1. The number of hydrogen-bond donors (Lipinski definition) is 0. The number of fused-ring (bicyclic) bond motifs is 6. The largest absolute Gasteiger partial charge is 0.455 e. The summed E-state index contributed by atoms with van der Waals surface area (Å²) in [7, 11) is 2.79. The summed E-state index contributed by atoms with van der Waals surface area (Å²) in [6.45, 7) is 3.79. The number of rotatable bonds is 8. The predicted octanol–water partition coefficient (Wildman–Crippen LogP) is 0.771. The van der Waals surface area contributed by atoms with Crippen LogP contribution in [0.15, 0.2) is 12.1 Å². The van der Waals surface area contributed by atoms with Gasteiger partial charge in [0, 0.05) is 60.4 Å². The minimum atomic E-state index is -1.56. The third-order valence-corrected chi connectivity index (χ3v) is 8.14. The van der Waals surface area contributed by atoms with Crippen LogP contribution in [0.25, 0.3) is 0 Å². The van der Waals surface area contributed by atoms with E-state index in [4.69, 9.17) is 42.6 Å². The molecule has 0 spiro atoms. The second-order valence-corrected chi connectivity index (χ2v) is 11.2. The number of carbonyl (C=O) groups excluding carboxylic acids is 5. The predicted molar refractivity (Wildman–Crippen MR) is 148 cm³/mol. The summed E-state index contributed by atoms with van der Waals surface area (Å²) in [5.74, 6) is -2.72. The van der Waals surface area contributed by atoms with Crippen LogP contribution in [0.2, 0.25) is 0 Å². The fourth-order valence-electron chi connectivity index (χ4n) is 6.31. The first-order valence-corrected chi connectivity index (χ1v) is 14.6. The molecule has 1 aromatic carbocycles. The molecule has 2 fully saturated rings. The van der Waals surface area contributed by atoms with Crippen molar-refractivity contribution in [3.05, 3.63) is 23.3 Å². The molecule has 0 N–H and O–H groups in total. The van der Waals surface area contributed by atoms with Crippen molar-refractivity contribution in [3.8, 4) is 11.5 Å². The van der Waals surface area contributed by atoms with E-state index in [0.717, 1.165) is 13.8 Å². The summed E-state index contributed by atoms with van der Waals surface area (Å²) in [5, 5.41) is 0. The van der Waals surface area contributed by atoms with Gasteiger partial charge in [-0.25, -0.2) is 0 Å². The van der Waals surface area contributed by atoms with Crippen molar-refractivity contribution in [2.75, 3.05) is 34.2 Å². The zero-order valence-electron chi connectivity index (χ0n) is 25.7. The summed E-state index contributed by atoms with van der Waals surface area (Å²) in [5.41, 5.74) is 1.42. The van der Waals surface area contributed by atoms with Crippen LogP contribution in [0.1, 0.15) is 50.7 Å². The monoisotopic (exact) mass is 635 g/mol. The molecule has 0 radical (unpaired) electrons. The first kappa shape index (κ1) is 32.6. The number of nitrogens with zero attached hydrogens (tertiary/aromatic N) is 1. The van der Waals surface area contributed by atoms with Crippen LogP contribution < -0.4 is 9.47 Å². The highest BCUT2D eigenvalue weighted by atomic mass is 16.7. The fraction of sp³-hybridized carbons (Fsp3) is 0.633. The average Bonchev–Trinajstić information content (AvgIpc) is 3.35. The van der Waals surface area contributed by atoms with Crippen LogP contribution in [0, 0.1) is 0 Å². The Balaban J connectivity index is 1.54. The third kappa shape index (κ3) is 6.90. The Kier molecular flexibility index (Phi) is 9.91. The molecule has 1 amide bonds. The standard InChI is InChI=1S/C30H37NO14/c1-14(32)41-26-23(44-30-28(43-16(3)34)27(42-15(2)33)25(38-5)24(45-30)12-37-4)10-20(35)18-6-7-31(29(26)36)11-17-8-21-22(9-19(17)18)40-13-39-21/h8-9,18,23-28,30H,6-7,10-13H2,1-5H3/t18-,23-,24-,25-,26+,27+,28-,30-/m1/s1. The van der Waals surface area contributed by atoms with Gasteiger partial charge in [0.25, 0.3) is 5.91 Å². The van der Waals surface area contributed by atoms with Crippen LogP contribution in [0.5, 0.6) is 11.5 Å². The van der Waals surface area contributed by atoms with Crippen LogP contribution >= 0.6 is 0 Å². The summed E-state index contributed by atoms with van der Waals surface area (Å²) in [6, 6.07) is 3.52. The van der Waals surface area contributed by atoms with Gasteiger partial charge in [-0.3, -0.25) is 24.0 Å². The van der Waals surface area contributed by atoms with Crippen molar-refractivity contribution < 1.29 is 66.6 Å². The second-order valence-electron chi connectivity index (χ2n) is 11.2. The van der Waals surface area contributed by atoms with E-state index in [1.165, 1.54) is 26.0 Å². The molecule has 15 nitrogen and oxygen atoms in total. The molecular formula is C30H37NO14. The highest BCUT2D eigenvalue weighted by Gasteiger charge is 2.53. The lowest BCUT2D eigenvalue weighted by molar-refractivity contribution is -0.322. The molecule has 246 valence electrons. The zero-order valence-corrected chi connectivity index (χ0v) is 25.7. The molecule has 2 bridgehead atoms. The number of esters is 3. The Bertz CT molecular complexity index is 1330. The molecular weight excluding hydrogens is 598 g/mol. The van der Waals surface area contributed by atoms with E-state index in [2.05, 4.69) is 0 Å². The Hall–Kier alpha value is -3.79. The van der Waals surface area contributed by atoms with Gasteiger partial charge in [0.2, 0.25) is 12.9 Å². The zero-order chi connectivity index (χ0) is 32.4. The molecule has 0 unspecified atom stereocenters. The molecule has 15 heteroatoms. The van der Waals surface area contributed by atoms with Crippen molar-refractivity contribution in [3.63, 3.8) is 0 Å². The first-order chi connectivity index (χ1) is 21.5. The van der Waals surface area contributed by atoms with E-state index in [9.17, 15) is 24.0 Å². The normalized spacial score (nSPS) is 30.8. The molecule has 0 aromatic heterocycles. The van der Waals surface area contributed by atoms with Crippen LogP contribution in [0.4, 0.5) is 0 Å². The van der Waals surface area contributed by atoms with Crippen molar-refractivity contribution in [1.29, 1.82) is 0 Å². The Labute approximate surface area is 259 Å². The quantitative estimate of drug-likeness (QED) is 0.290. The van der Waals surface area contributed by atoms with E-state index in [0.29, 0.717) is 29.0 Å². The van der Waals surface area contributed by atoms with Gasteiger partial charge in [0.05, 0.1) is 6.61 Å². The van der Waals surface area contributed by atoms with E-state index in [1.54, 1.807) is 12.1 Å². The molecule has 2 saturated heterocycles. The molecule has 4 aliphatic heterocycles. The number of methoxy groups -OCH3 is 2. The van der Waals surface area contributed by atoms with Crippen molar-refractivity contribution in [1.82, 2.24) is 4.90 Å². The average molecular weight is 636 g/mol. The van der Waals surface area contributed by atoms with Gasteiger partial charge in [0.15, 0.2) is 30.0 Å². The maximum atomic E-state index is 14.1. The molecule has 0 saturated carbocycles. The molecule has 4 aliphatic rings. The van der Waals surface area contributed by atoms with E-state index >= 15 is 0 Å². The lowest BCUT2D eigenvalue weighted by Gasteiger charge is -2.45. The van der Waals surface area contributed by atoms with E-state index in [1.807, 2.05) is 0 Å². The van der Waals surface area contributed by atoms with Gasteiger partial charge in [0.1, 0.15) is 24.1 Å². The van der Waals surface area contributed by atoms with Gasteiger partial charge < -0.3 is 47.5 Å². The molecule has 0 aliphatic carbocycles. The number of carbonyl (C=O) groups is 5. The summed E-state index contributed by atoms with van der Waals surface area (Å²) < 4.78 is 51.0. The third-order valence-electron chi connectivity index (χ3n) is 8.14. The van der Waals surface area contributed by atoms with E-state index < -0.39 is 72.6 Å². The van der Waals surface area contributed by atoms with Gasteiger partial charge in [-0.05, 0) is 29.7 Å². The second kappa shape index (κ2) is 13.7. The summed E-state index contributed by atoms with van der Waals surface area (Å²) in [4.78, 5) is 66.3. The molecule has 8 atom stereocenters. The number of amides is 1. The van der Waals surface area contributed by atoms with Gasteiger partial charge in [-0.2, -0.15) is 0 Å². The summed E-state index contributed by atoms with van der Waals surface area (Å²) >= 11 is 0. The van der Waals surface area contributed by atoms with Gasteiger partial charge in [-0.1, -0.05) is 0 Å². The molecule has 5 rings (SSSR count). The Morgan fingerprint density at radius 2 is 1.58 bits per heavy atom. The number of ether oxygens (including phenoxy) is 9. The van der Waals surface area contributed by atoms with Crippen molar-refractivity contribution >= 4 is 29.6 Å². The minimum absolute atomic E-state index is 0.0388. The maximum absolute atomic E-state index is 14.1. The van der Waals surface area contributed by atoms with E-state index in [-0.39, 0.29) is 38.7 Å². The highest BCUT2D eigenvalue weighted by Crippen LogP contribution is 2.42. The van der Waals surface area contributed by atoms with Crippen molar-refractivity contribution in [2.45, 2.75) is 89.0 Å². The summed E-state index contributed by atoms with van der Waals surface area (Å²) in [6.07, 6.45) is -8.94. The molecule has 45 heavy (non-hydrogen) atoms. The first-order valence-electron chi connectivity index (χ1n) is 14.6. The van der Waals surface area contributed by atoms with Crippen LogP contribution in [-0.4, -0.2) is 112 Å². The van der Waals surface area contributed by atoms with Crippen molar-refractivity contribution in [2.24, 2.45) is 0 Å². The Morgan fingerprint density at radius 3 is 2.22 bits per heavy atom. The van der Waals surface area contributed by atoms with Gasteiger partial charge in [-0.15, -0.1) is 0 Å². The minimum Gasteiger partial charge on any atom is -0.455 e. The number of Topliss-reactive ketones (excluding diaryl/α,β-unsaturated/α-hetero) is 1. The Morgan fingerprint density at radius 1 is 0.911 bits per heavy atom. The lowest BCUT2D eigenvalue weighted by atomic mass is 9.86. The lowest BCUT2D eigenvalue weighted by Crippen LogP contribution is -2.63. The number of hydrogen-bond acceptors (Lipinski definition) is 14. The van der Waals surface area contributed by atoms with Crippen LogP contribution in [0.3, 0.4) is 0 Å². The fourth-order valence-corrected chi connectivity index (χ4v) is 6.31. The smallest absolute Gasteiger partial charge is 0.303 e. The van der Waals surface area contributed by atoms with Gasteiger partial charge >= 0.3 is 17.9 Å². The topological polar surface area (TPSA) is 172 Å². The maximum Gasteiger partial charge on any atom is 0.303 e. The SMILES string of the molecule is COC[C@H]1O[C@@H](O[C@@H]2CC(=O)[C@@H]3CCN(Cc4cc5c(cc43)OCO5)C(=O)[C@H]2OC(C)=O)[C@H](OC(C)=O)[C@@H](OC(C)=O)[C@@H]1OC. The van der Waals surface area contributed by atoms with Crippen LogP contribution in [-0.2, 0) is 63.7 Å². The molecule has 4 heterocycles. The highest BCUT2D eigenvalue weighted by molar-refractivity contribution is 5.91. The molecule has 1 aromatic rings. The number of ketones is 1.